The van der Waals surface area contributed by atoms with Gasteiger partial charge >= 0.3 is 0 Å². The smallest absolute Gasteiger partial charge is 0.120 e. The van der Waals surface area contributed by atoms with Gasteiger partial charge in [0.15, 0.2) is 0 Å². The third kappa shape index (κ3) is 6.57. The molecule has 0 atom stereocenters. The Kier molecular flexibility index (Phi) is 10.9. The van der Waals surface area contributed by atoms with Crippen LogP contribution in [0.25, 0.3) is 22.2 Å². The molecule has 0 aliphatic carbocycles. The van der Waals surface area contributed by atoms with Gasteiger partial charge in [-0.3, -0.25) is 0 Å². The number of nitrogens with one attached hydrogen (secondary N) is 1. The van der Waals surface area contributed by atoms with Crippen LogP contribution in [0.3, 0.4) is 0 Å². The average Bonchev–Trinajstić information content (AvgIpc) is 3.21. The van der Waals surface area contributed by atoms with Gasteiger partial charge in [-0.05, 0) is 43.0 Å². The summed E-state index contributed by atoms with van der Waals surface area (Å²) >= 11 is 0. The Balaban J connectivity index is 0.00000320. The normalized spacial score (nSPS) is 11.0. The molecule has 0 fully saturated rings. The number of nitrogens with zero attached hydrogens (tertiary/aromatic N) is 2. The van der Waals surface area contributed by atoms with E-state index in [1.165, 1.54) is 63.4 Å². The first kappa shape index (κ1) is 24.9. The zero-order chi connectivity index (χ0) is 20.5. The van der Waals surface area contributed by atoms with Crippen LogP contribution in [0.5, 0.6) is 5.75 Å². The average molecular weight is 417 g/mol. The van der Waals surface area contributed by atoms with E-state index in [-0.39, 0.29) is 29.6 Å². The van der Waals surface area contributed by atoms with Gasteiger partial charge in [0.05, 0.1) is 0 Å². The summed E-state index contributed by atoms with van der Waals surface area (Å²) in [6.45, 7) is 4.37. The number of phenolic OH excluding ortho intramolecular Hbond substituents is 1. The van der Waals surface area contributed by atoms with Crippen LogP contribution in [0.4, 0.5) is 0 Å². The van der Waals surface area contributed by atoms with E-state index in [9.17, 15) is 5.11 Å². The summed E-state index contributed by atoms with van der Waals surface area (Å²) in [5.74, 6) is 0.391. The fraction of sp³-hybridized carbons (Fsp3) is 0.520. The Hall–Kier alpha value is -1.36. The fourth-order valence-electron chi connectivity index (χ4n) is 4.24. The first-order valence-corrected chi connectivity index (χ1v) is 11.3. The van der Waals surface area contributed by atoms with Crippen LogP contribution < -0.4 is 0 Å². The number of unbranched alkanes of at least 4 members (excludes halogenated alkanes) is 9. The zero-order valence-corrected chi connectivity index (χ0v) is 21.0. The van der Waals surface area contributed by atoms with Crippen molar-refractivity contribution >= 4 is 40.6 Å². The molecule has 157 valence electrons. The van der Waals surface area contributed by atoms with Gasteiger partial charge in [0.1, 0.15) is 16.8 Å². The summed E-state index contributed by atoms with van der Waals surface area (Å²) in [6.07, 6.45) is 14.1. The molecular formula is C25H35N3NaO. The van der Waals surface area contributed by atoms with Crippen LogP contribution in [0, 0.1) is 6.92 Å². The minimum atomic E-state index is 0. The number of benzene rings is 2. The molecule has 0 saturated carbocycles. The molecule has 2 aromatic carbocycles. The molecule has 0 saturated heterocycles. The second-order valence-electron chi connectivity index (χ2n) is 8.18. The molecule has 1 aromatic heterocycles. The number of aromatic amines is 1. The minimum Gasteiger partial charge on any atom is -0.508 e. The van der Waals surface area contributed by atoms with Crippen molar-refractivity contribution < 1.29 is 5.11 Å². The second kappa shape index (κ2) is 13.1. The van der Waals surface area contributed by atoms with E-state index >= 15 is 0 Å². The molecule has 1 radical (unpaired) electrons. The number of rotatable bonds is 12. The van der Waals surface area contributed by atoms with Gasteiger partial charge in [0, 0.05) is 40.7 Å². The van der Waals surface area contributed by atoms with Crippen molar-refractivity contribution in [1.29, 1.82) is 0 Å². The number of para-hydroxylation sites is 1. The molecule has 0 unspecified atom stereocenters. The quantitative estimate of drug-likeness (QED) is 0.254. The van der Waals surface area contributed by atoms with E-state index in [2.05, 4.69) is 35.3 Å². The van der Waals surface area contributed by atoms with Crippen molar-refractivity contribution in [3.8, 4) is 16.9 Å². The van der Waals surface area contributed by atoms with Crippen molar-refractivity contribution in [3.63, 3.8) is 0 Å². The SMILES string of the molecule is CCCCCCCCCCCCc1c(O)ccc(C)c1-c1cccc2n[nH]nc12.[Na]. The maximum atomic E-state index is 10.6. The van der Waals surface area contributed by atoms with Crippen molar-refractivity contribution in [2.45, 2.75) is 84.5 Å². The van der Waals surface area contributed by atoms with Gasteiger partial charge < -0.3 is 5.11 Å². The number of H-pyrrole nitrogens is 1. The van der Waals surface area contributed by atoms with E-state index in [1.807, 2.05) is 24.3 Å². The molecular weight excluding hydrogens is 381 g/mol. The number of hydrogen-bond donors (Lipinski definition) is 2. The van der Waals surface area contributed by atoms with Crippen LogP contribution in [-0.4, -0.2) is 50.1 Å². The molecule has 0 aliphatic heterocycles. The van der Waals surface area contributed by atoms with E-state index in [0.717, 1.165) is 40.6 Å². The number of aromatic hydroxyl groups is 1. The minimum absolute atomic E-state index is 0. The number of aryl methyl sites for hydroxylation is 1. The van der Waals surface area contributed by atoms with Gasteiger partial charge in [-0.1, -0.05) is 82.9 Å². The van der Waals surface area contributed by atoms with Gasteiger partial charge in [0.2, 0.25) is 0 Å². The van der Waals surface area contributed by atoms with Crippen LogP contribution >= 0.6 is 0 Å². The molecule has 4 nitrogen and oxygen atoms in total. The second-order valence-corrected chi connectivity index (χ2v) is 8.18. The van der Waals surface area contributed by atoms with Crippen molar-refractivity contribution in [3.05, 3.63) is 41.5 Å². The molecule has 0 bridgehead atoms. The molecule has 0 aliphatic rings. The monoisotopic (exact) mass is 416 g/mol. The molecule has 3 aromatic rings. The van der Waals surface area contributed by atoms with Crippen molar-refractivity contribution in [2.75, 3.05) is 0 Å². The summed E-state index contributed by atoms with van der Waals surface area (Å²) in [5, 5.41) is 21.9. The predicted octanol–water partition coefficient (Wildman–Crippen LogP) is 6.72. The molecule has 5 heteroatoms. The summed E-state index contributed by atoms with van der Waals surface area (Å²) < 4.78 is 0. The Morgan fingerprint density at radius 1 is 0.833 bits per heavy atom. The standard InChI is InChI=1S/C25H35N3O.Na/c1-3-4-5-6-7-8-9-10-11-12-14-20-23(29)18-17-19(2)24(20)21-15-13-16-22-25(21)27-28-26-22;/h13,15-18,29H,3-12,14H2,1-2H3,(H,26,27,28);. The van der Waals surface area contributed by atoms with Gasteiger partial charge in [0.25, 0.3) is 0 Å². The zero-order valence-electron chi connectivity index (χ0n) is 19.0. The molecule has 2 N–H and O–H groups in total. The first-order valence-electron chi connectivity index (χ1n) is 11.3. The number of aromatic nitrogens is 3. The van der Waals surface area contributed by atoms with E-state index < -0.39 is 0 Å². The van der Waals surface area contributed by atoms with Crippen LogP contribution in [-0.2, 0) is 6.42 Å². The largest absolute Gasteiger partial charge is 0.508 e. The van der Waals surface area contributed by atoms with Gasteiger partial charge in [-0.25, -0.2) is 0 Å². The number of hydrogen-bond acceptors (Lipinski definition) is 3. The Labute approximate surface area is 203 Å². The van der Waals surface area contributed by atoms with Crippen LogP contribution in [0.15, 0.2) is 30.3 Å². The summed E-state index contributed by atoms with van der Waals surface area (Å²) in [6, 6.07) is 9.87. The number of phenols is 1. The van der Waals surface area contributed by atoms with E-state index in [0.29, 0.717) is 5.75 Å². The van der Waals surface area contributed by atoms with Crippen molar-refractivity contribution in [1.82, 2.24) is 15.4 Å². The predicted molar refractivity (Wildman–Crippen MR) is 127 cm³/mol. The summed E-state index contributed by atoms with van der Waals surface area (Å²) in [5.41, 5.74) is 6.09. The Morgan fingerprint density at radius 3 is 2.20 bits per heavy atom. The molecule has 1 heterocycles. The fourth-order valence-corrected chi connectivity index (χ4v) is 4.24. The summed E-state index contributed by atoms with van der Waals surface area (Å²) in [7, 11) is 0. The molecule has 3 rings (SSSR count). The third-order valence-electron chi connectivity index (χ3n) is 5.89. The van der Waals surface area contributed by atoms with Gasteiger partial charge in [-0.15, -0.1) is 0 Å². The van der Waals surface area contributed by atoms with Gasteiger partial charge in [-0.2, -0.15) is 15.4 Å². The molecule has 30 heavy (non-hydrogen) atoms. The van der Waals surface area contributed by atoms with E-state index in [4.69, 9.17) is 0 Å². The topological polar surface area (TPSA) is 61.8 Å². The van der Waals surface area contributed by atoms with Crippen LogP contribution in [0.1, 0.15) is 82.3 Å². The third-order valence-corrected chi connectivity index (χ3v) is 5.89. The maximum Gasteiger partial charge on any atom is 0.120 e. The molecule has 0 amide bonds. The first-order chi connectivity index (χ1) is 14.2. The van der Waals surface area contributed by atoms with Crippen molar-refractivity contribution in [2.24, 2.45) is 0 Å². The Bertz CT molecular complexity index is 907. The van der Waals surface area contributed by atoms with E-state index in [1.54, 1.807) is 0 Å². The number of fused-ring (bicyclic) bond motifs is 1. The maximum absolute atomic E-state index is 10.6. The Morgan fingerprint density at radius 2 is 1.50 bits per heavy atom. The molecule has 0 spiro atoms. The summed E-state index contributed by atoms with van der Waals surface area (Å²) in [4.78, 5) is 0. The van der Waals surface area contributed by atoms with Crippen LogP contribution in [0.2, 0.25) is 0 Å².